The Morgan fingerprint density at radius 1 is 1.00 bits per heavy atom. The topological polar surface area (TPSA) is 79.5 Å². The van der Waals surface area contributed by atoms with Crippen LogP contribution in [0.5, 0.6) is 5.75 Å². The fourth-order valence-electron chi connectivity index (χ4n) is 3.08. The highest BCUT2D eigenvalue weighted by Crippen LogP contribution is 2.22. The standard InChI is InChI=1S/C19H22N6O2/c1-14-13-18(23-27-14)21-17-7-8-20-19(22-17)25-11-9-24(10-12-25)15-3-5-16(26-2)6-4-15/h3-8,13H,9-12H2,1-2H3,(H,20,21,22,23). The maximum absolute atomic E-state index is 5.23. The Hall–Kier alpha value is -3.29. The number of hydrogen-bond donors (Lipinski definition) is 1. The van der Waals surface area contributed by atoms with E-state index in [1.165, 1.54) is 5.69 Å². The molecule has 0 unspecified atom stereocenters. The minimum Gasteiger partial charge on any atom is -0.497 e. The minimum atomic E-state index is 0.640. The highest BCUT2D eigenvalue weighted by atomic mass is 16.5. The number of hydrogen-bond acceptors (Lipinski definition) is 8. The summed E-state index contributed by atoms with van der Waals surface area (Å²) in [5, 5.41) is 7.08. The second-order valence-corrected chi connectivity index (χ2v) is 6.36. The molecule has 1 N–H and O–H groups in total. The summed E-state index contributed by atoms with van der Waals surface area (Å²) in [5.41, 5.74) is 1.20. The molecular weight excluding hydrogens is 344 g/mol. The van der Waals surface area contributed by atoms with E-state index < -0.39 is 0 Å². The van der Waals surface area contributed by atoms with E-state index in [1.54, 1.807) is 13.3 Å². The van der Waals surface area contributed by atoms with E-state index in [2.05, 4.69) is 42.4 Å². The van der Waals surface area contributed by atoms with Gasteiger partial charge in [-0.2, -0.15) is 4.98 Å². The molecule has 4 rings (SSSR count). The molecule has 0 radical (unpaired) electrons. The molecule has 0 aliphatic carbocycles. The number of nitrogens with zero attached hydrogens (tertiary/aromatic N) is 5. The summed E-state index contributed by atoms with van der Waals surface area (Å²) < 4.78 is 10.3. The first-order valence-electron chi connectivity index (χ1n) is 8.88. The van der Waals surface area contributed by atoms with Crippen LogP contribution in [0.4, 0.5) is 23.3 Å². The second kappa shape index (κ2) is 7.53. The Morgan fingerprint density at radius 3 is 2.41 bits per heavy atom. The van der Waals surface area contributed by atoms with Crippen molar-refractivity contribution < 1.29 is 9.26 Å². The summed E-state index contributed by atoms with van der Waals surface area (Å²) in [4.78, 5) is 13.6. The fraction of sp³-hybridized carbons (Fsp3) is 0.316. The Labute approximate surface area is 157 Å². The SMILES string of the molecule is COc1ccc(N2CCN(c3nccc(Nc4cc(C)on4)n3)CC2)cc1. The van der Waals surface area contributed by atoms with Gasteiger partial charge in [0, 0.05) is 44.1 Å². The van der Waals surface area contributed by atoms with E-state index in [4.69, 9.17) is 9.26 Å². The second-order valence-electron chi connectivity index (χ2n) is 6.36. The number of piperazine rings is 1. The van der Waals surface area contributed by atoms with Crippen molar-refractivity contribution in [1.82, 2.24) is 15.1 Å². The van der Waals surface area contributed by atoms with Gasteiger partial charge < -0.3 is 24.4 Å². The zero-order valence-corrected chi connectivity index (χ0v) is 15.4. The maximum Gasteiger partial charge on any atom is 0.227 e. The average molecular weight is 366 g/mol. The van der Waals surface area contributed by atoms with Crippen LogP contribution in [-0.2, 0) is 0 Å². The van der Waals surface area contributed by atoms with Gasteiger partial charge in [-0.3, -0.25) is 0 Å². The van der Waals surface area contributed by atoms with Crippen LogP contribution in [0.25, 0.3) is 0 Å². The van der Waals surface area contributed by atoms with Crippen LogP contribution in [0, 0.1) is 6.92 Å². The third-order valence-electron chi connectivity index (χ3n) is 4.53. The van der Waals surface area contributed by atoms with Crippen molar-refractivity contribution in [3.05, 3.63) is 48.4 Å². The van der Waals surface area contributed by atoms with Gasteiger partial charge >= 0.3 is 0 Å². The number of aryl methyl sites for hydroxylation is 1. The van der Waals surface area contributed by atoms with Crippen LogP contribution >= 0.6 is 0 Å². The average Bonchev–Trinajstić information content (AvgIpc) is 3.13. The molecule has 3 heterocycles. The summed E-state index contributed by atoms with van der Waals surface area (Å²) in [6, 6.07) is 11.8. The van der Waals surface area contributed by atoms with Gasteiger partial charge in [-0.25, -0.2) is 4.98 Å². The minimum absolute atomic E-state index is 0.640. The first-order chi connectivity index (χ1) is 13.2. The van der Waals surface area contributed by atoms with Gasteiger partial charge in [-0.15, -0.1) is 0 Å². The lowest BCUT2D eigenvalue weighted by Crippen LogP contribution is -2.47. The van der Waals surface area contributed by atoms with E-state index >= 15 is 0 Å². The molecule has 1 aliphatic rings. The molecule has 8 heteroatoms. The van der Waals surface area contributed by atoms with Gasteiger partial charge in [0.25, 0.3) is 0 Å². The smallest absolute Gasteiger partial charge is 0.227 e. The summed E-state index contributed by atoms with van der Waals surface area (Å²) in [7, 11) is 1.68. The number of aromatic nitrogens is 3. The van der Waals surface area contributed by atoms with Crippen molar-refractivity contribution >= 4 is 23.3 Å². The summed E-state index contributed by atoms with van der Waals surface area (Å²) in [6.45, 7) is 5.40. The maximum atomic E-state index is 5.23. The van der Waals surface area contributed by atoms with E-state index in [9.17, 15) is 0 Å². The van der Waals surface area contributed by atoms with Gasteiger partial charge in [0.05, 0.1) is 7.11 Å². The largest absolute Gasteiger partial charge is 0.497 e. The number of methoxy groups -OCH3 is 1. The third kappa shape index (κ3) is 3.94. The van der Waals surface area contributed by atoms with E-state index in [-0.39, 0.29) is 0 Å². The van der Waals surface area contributed by atoms with Crippen LogP contribution in [0.1, 0.15) is 5.76 Å². The number of nitrogens with one attached hydrogen (secondary N) is 1. The van der Waals surface area contributed by atoms with E-state index in [0.29, 0.717) is 11.6 Å². The molecule has 0 atom stereocenters. The van der Waals surface area contributed by atoms with E-state index in [0.717, 1.165) is 43.6 Å². The Bertz CT molecular complexity index is 887. The number of rotatable bonds is 5. The molecule has 2 aromatic heterocycles. The number of anilines is 4. The molecule has 0 amide bonds. The molecule has 1 fully saturated rings. The van der Waals surface area contributed by atoms with Crippen molar-refractivity contribution in [2.75, 3.05) is 48.4 Å². The van der Waals surface area contributed by atoms with Gasteiger partial charge in [-0.1, -0.05) is 5.16 Å². The first-order valence-corrected chi connectivity index (χ1v) is 8.88. The highest BCUT2D eigenvalue weighted by Gasteiger charge is 2.19. The lowest BCUT2D eigenvalue weighted by Gasteiger charge is -2.36. The monoisotopic (exact) mass is 366 g/mol. The molecule has 1 saturated heterocycles. The predicted octanol–water partition coefficient (Wildman–Crippen LogP) is 2.85. The van der Waals surface area contributed by atoms with Crippen molar-refractivity contribution in [1.29, 1.82) is 0 Å². The molecule has 140 valence electrons. The van der Waals surface area contributed by atoms with Gasteiger partial charge in [0.1, 0.15) is 17.3 Å². The number of ether oxygens (including phenoxy) is 1. The zero-order chi connectivity index (χ0) is 18.6. The quantitative estimate of drug-likeness (QED) is 0.738. The Morgan fingerprint density at radius 2 is 1.74 bits per heavy atom. The number of benzene rings is 1. The molecule has 1 aromatic carbocycles. The summed E-state index contributed by atoms with van der Waals surface area (Å²) >= 11 is 0. The van der Waals surface area contributed by atoms with Gasteiger partial charge in [0.15, 0.2) is 5.82 Å². The third-order valence-corrected chi connectivity index (χ3v) is 4.53. The molecule has 0 spiro atoms. The van der Waals surface area contributed by atoms with Crippen molar-refractivity contribution in [3.8, 4) is 5.75 Å². The Balaban J connectivity index is 1.39. The van der Waals surface area contributed by atoms with Crippen LogP contribution in [0.15, 0.2) is 47.1 Å². The summed E-state index contributed by atoms with van der Waals surface area (Å²) in [5.74, 6) is 3.68. The fourth-order valence-corrected chi connectivity index (χ4v) is 3.08. The lowest BCUT2D eigenvalue weighted by atomic mass is 10.2. The predicted molar refractivity (Wildman–Crippen MR) is 104 cm³/mol. The molecule has 1 aliphatic heterocycles. The summed E-state index contributed by atoms with van der Waals surface area (Å²) in [6.07, 6.45) is 1.76. The lowest BCUT2D eigenvalue weighted by molar-refractivity contribution is 0.400. The van der Waals surface area contributed by atoms with E-state index in [1.807, 2.05) is 31.2 Å². The van der Waals surface area contributed by atoms with Crippen LogP contribution in [-0.4, -0.2) is 48.4 Å². The molecular formula is C19H22N6O2. The zero-order valence-electron chi connectivity index (χ0n) is 15.4. The van der Waals surface area contributed by atoms with Crippen molar-refractivity contribution in [2.45, 2.75) is 6.92 Å². The van der Waals surface area contributed by atoms with Gasteiger partial charge in [-0.05, 0) is 37.3 Å². The van der Waals surface area contributed by atoms with Crippen LogP contribution in [0.3, 0.4) is 0 Å². The highest BCUT2D eigenvalue weighted by molar-refractivity contribution is 5.54. The Kier molecular flexibility index (Phi) is 4.78. The van der Waals surface area contributed by atoms with Crippen LogP contribution < -0.4 is 19.9 Å². The van der Waals surface area contributed by atoms with Gasteiger partial charge in [0.2, 0.25) is 5.95 Å². The first kappa shape index (κ1) is 17.1. The van der Waals surface area contributed by atoms with Crippen molar-refractivity contribution in [2.24, 2.45) is 0 Å². The van der Waals surface area contributed by atoms with Crippen molar-refractivity contribution in [3.63, 3.8) is 0 Å². The molecule has 0 bridgehead atoms. The molecule has 8 nitrogen and oxygen atoms in total. The molecule has 27 heavy (non-hydrogen) atoms. The molecule has 0 saturated carbocycles. The van der Waals surface area contributed by atoms with Crippen LogP contribution in [0.2, 0.25) is 0 Å². The normalized spacial score (nSPS) is 14.3. The molecule has 3 aromatic rings.